The van der Waals surface area contributed by atoms with Crippen molar-refractivity contribution in [2.75, 3.05) is 13.1 Å². The number of thiol groups is 1. The molecule has 1 saturated heterocycles. The second-order valence-electron chi connectivity index (χ2n) is 10.8. The number of aromatic amines is 1. The lowest BCUT2D eigenvalue weighted by atomic mass is 9.89. The van der Waals surface area contributed by atoms with Gasteiger partial charge in [0, 0.05) is 48.4 Å². The summed E-state index contributed by atoms with van der Waals surface area (Å²) in [6, 6.07) is 20.0. The van der Waals surface area contributed by atoms with Crippen LogP contribution < -0.4 is 0 Å². The minimum atomic E-state index is -0.184. The van der Waals surface area contributed by atoms with Crippen LogP contribution in [0.5, 0.6) is 0 Å². The van der Waals surface area contributed by atoms with E-state index in [9.17, 15) is 10.1 Å². The zero-order chi connectivity index (χ0) is 28.6. The summed E-state index contributed by atoms with van der Waals surface area (Å²) in [6.45, 7) is 9.88. The molecule has 0 spiro atoms. The fraction of sp³-hybridized carbons (Fsp3) is 0.344. The van der Waals surface area contributed by atoms with Crippen LogP contribution >= 0.6 is 12.6 Å². The van der Waals surface area contributed by atoms with Crippen LogP contribution in [0.25, 0.3) is 22.5 Å². The van der Waals surface area contributed by atoms with E-state index >= 15 is 0 Å². The summed E-state index contributed by atoms with van der Waals surface area (Å²) in [5.74, 6) is 1.70. The van der Waals surface area contributed by atoms with Crippen LogP contribution in [-0.4, -0.2) is 43.4 Å². The molecule has 1 amide bonds. The molecule has 5 rings (SSSR count). The summed E-state index contributed by atoms with van der Waals surface area (Å²) in [6.07, 6.45) is 3.88. The SMILES string of the molecule is CC(C)C.Cc1ccc(-c2n[nH]c(C3CCN(C(=O)S)CC3)c2-c2ccnc(Cc3ccccc3C#N)n2)cc1. The molecule has 3 heterocycles. The van der Waals surface area contributed by atoms with Gasteiger partial charge < -0.3 is 4.90 Å². The zero-order valence-corrected chi connectivity index (χ0v) is 24.4. The summed E-state index contributed by atoms with van der Waals surface area (Å²) in [5.41, 5.74) is 7.34. The summed E-state index contributed by atoms with van der Waals surface area (Å²) in [5, 5.41) is 17.4. The fourth-order valence-electron chi connectivity index (χ4n) is 4.77. The van der Waals surface area contributed by atoms with E-state index in [0.717, 1.165) is 52.5 Å². The van der Waals surface area contributed by atoms with Crippen molar-refractivity contribution in [2.24, 2.45) is 5.92 Å². The van der Waals surface area contributed by atoms with Crippen molar-refractivity contribution in [1.29, 1.82) is 5.26 Å². The number of carbonyl (C=O) groups is 1. The predicted octanol–water partition coefficient (Wildman–Crippen LogP) is 7.20. The van der Waals surface area contributed by atoms with Crippen molar-refractivity contribution in [3.05, 3.63) is 89.0 Å². The first-order valence-electron chi connectivity index (χ1n) is 13.7. The second-order valence-corrected chi connectivity index (χ2v) is 11.2. The van der Waals surface area contributed by atoms with Crippen LogP contribution in [0.3, 0.4) is 0 Å². The van der Waals surface area contributed by atoms with Gasteiger partial charge in [0.15, 0.2) is 0 Å². The lowest BCUT2D eigenvalue weighted by Crippen LogP contribution is -2.34. The van der Waals surface area contributed by atoms with Crippen LogP contribution in [0.4, 0.5) is 4.79 Å². The van der Waals surface area contributed by atoms with Crippen LogP contribution in [0.1, 0.15) is 67.7 Å². The van der Waals surface area contributed by atoms with E-state index in [2.05, 4.69) is 80.7 Å². The van der Waals surface area contributed by atoms with E-state index in [1.807, 2.05) is 30.3 Å². The number of benzene rings is 2. The van der Waals surface area contributed by atoms with Gasteiger partial charge in [0.1, 0.15) is 11.5 Å². The van der Waals surface area contributed by atoms with Crippen LogP contribution in [-0.2, 0) is 6.42 Å². The molecule has 4 aromatic rings. The molecule has 40 heavy (non-hydrogen) atoms. The predicted molar refractivity (Wildman–Crippen MR) is 162 cm³/mol. The molecule has 206 valence electrons. The molecule has 0 bridgehead atoms. The van der Waals surface area contributed by atoms with Crippen molar-refractivity contribution in [2.45, 2.75) is 52.9 Å². The number of nitrogens with one attached hydrogen (secondary N) is 1. The molecule has 8 heteroatoms. The minimum Gasteiger partial charge on any atom is -0.334 e. The largest absolute Gasteiger partial charge is 0.334 e. The standard InChI is InChI=1S/C28H26N6OS.C4H10/c1-18-6-8-19(9-7-18)26-25(27(33-32-26)20-11-14-34(15-12-20)28(35)36)23-10-13-30-24(31-23)16-21-4-2-3-5-22(21)17-29;1-4(2)3/h2-10,13,20H,11-12,14-16H2,1H3,(H,32,33)(H,35,36);4H,1-3H3. The summed E-state index contributed by atoms with van der Waals surface area (Å²) in [4.78, 5) is 22.9. The van der Waals surface area contributed by atoms with Gasteiger partial charge in [-0.3, -0.25) is 9.89 Å². The minimum absolute atomic E-state index is 0.184. The van der Waals surface area contributed by atoms with Gasteiger partial charge >= 0.3 is 0 Å². The number of likely N-dealkylation sites (tertiary alicyclic amines) is 1. The first-order valence-corrected chi connectivity index (χ1v) is 14.1. The molecule has 0 aliphatic carbocycles. The molecule has 7 nitrogen and oxygen atoms in total. The van der Waals surface area contributed by atoms with Gasteiger partial charge in [0.2, 0.25) is 0 Å². The van der Waals surface area contributed by atoms with Crippen LogP contribution in [0.15, 0.2) is 60.8 Å². The topological polar surface area (TPSA) is 98.6 Å². The molecule has 0 atom stereocenters. The first-order chi connectivity index (χ1) is 19.3. The molecule has 1 aliphatic rings. The van der Waals surface area contributed by atoms with Crippen molar-refractivity contribution >= 4 is 17.9 Å². The van der Waals surface area contributed by atoms with E-state index in [0.29, 0.717) is 30.9 Å². The second kappa shape index (κ2) is 13.4. The van der Waals surface area contributed by atoms with Gasteiger partial charge in [-0.15, -0.1) is 0 Å². The Labute approximate surface area is 242 Å². The Morgan fingerprint density at radius 1 is 1.10 bits per heavy atom. The van der Waals surface area contributed by atoms with Crippen LogP contribution in [0.2, 0.25) is 0 Å². The Morgan fingerprint density at radius 3 is 2.42 bits per heavy atom. The van der Waals surface area contributed by atoms with Gasteiger partial charge in [-0.05, 0) is 43.4 Å². The average Bonchev–Trinajstić information content (AvgIpc) is 3.39. The molecular formula is C32H36N6OS. The highest BCUT2D eigenvalue weighted by atomic mass is 32.1. The Bertz CT molecular complexity index is 1480. The van der Waals surface area contributed by atoms with Gasteiger partial charge in [-0.1, -0.05) is 81.4 Å². The number of aryl methyl sites for hydroxylation is 1. The van der Waals surface area contributed by atoms with E-state index < -0.39 is 0 Å². The highest BCUT2D eigenvalue weighted by Gasteiger charge is 2.28. The monoisotopic (exact) mass is 552 g/mol. The average molecular weight is 553 g/mol. The number of aromatic nitrogens is 4. The van der Waals surface area contributed by atoms with Crippen molar-refractivity contribution in [3.63, 3.8) is 0 Å². The number of hydrogen-bond acceptors (Lipinski definition) is 5. The van der Waals surface area contributed by atoms with Crippen molar-refractivity contribution < 1.29 is 4.79 Å². The quantitative estimate of drug-likeness (QED) is 0.255. The highest BCUT2D eigenvalue weighted by Crippen LogP contribution is 2.39. The number of amides is 1. The van der Waals surface area contributed by atoms with E-state index in [1.165, 1.54) is 5.56 Å². The van der Waals surface area contributed by atoms with E-state index in [4.69, 9.17) is 10.1 Å². The summed E-state index contributed by atoms with van der Waals surface area (Å²) < 4.78 is 0. The maximum absolute atomic E-state index is 11.7. The maximum Gasteiger partial charge on any atom is 0.278 e. The summed E-state index contributed by atoms with van der Waals surface area (Å²) in [7, 11) is 0. The van der Waals surface area contributed by atoms with Crippen molar-refractivity contribution in [1.82, 2.24) is 25.1 Å². The number of nitrogens with zero attached hydrogens (tertiary/aromatic N) is 5. The van der Waals surface area contributed by atoms with E-state index in [1.54, 1.807) is 11.1 Å². The Morgan fingerprint density at radius 2 is 1.77 bits per heavy atom. The lowest BCUT2D eigenvalue weighted by molar-refractivity contribution is 0.205. The van der Waals surface area contributed by atoms with E-state index in [-0.39, 0.29) is 11.2 Å². The Balaban J connectivity index is 0.000000867. The third-order valence-electron chi connectivity index (χ3n) is 6.74. The highest BCUT2D eigenvalue weighted by molar-refractivity contribution is 7.96. The molecular weight excluding hydrogens is 516 g/mol. The third-order valence-corrected chi connectivity index (χ3v) is 7.02. The number of nitriles is 1. The first kappa shape index (κ1) is 29.0. The molecule has 1 aliphatic heterocycles. The lowest BCUT2D eigenvalue weighted by Gasteiger charge is -2.30. The molecule has 1 N–H and O–H groups in total. The molecule has 0 radical (unpaired) electrons. The Hall–Kier alpha value is -3.96. The Kier molecular flexibility index (Phi) is 9.73. The number of rotatable bonds is 5. The smallest absolute Gasteiger partial charge is 0.278 e. The summed E-state index contributed by atoms with van der Waals surface area (Å²) >= 11 is 3.99. The van der Waals surface area contributed by atoms with Gasteiger partial charge in [-0.25, -0.2) is 9.97 Å². The third kappa shape index (κ3) is 7.16. The maximum atomic E-state index is 11.7. The van der Waals surface area contributed by atoms with Gasteiger partial charge in [-0.2, -0.15) is 10.4 Å². The van der Waals surface area contributed by atoms with Gasteiger partial charge in [0.25, 0.3) is 5.24 Å². The molecule has 1 fully saturated rings. The normalized spacial score (nSPS) is 13.5. The fourth-order valence-corrected chi connectivity index (χ4v) is 4.97. The van der Waals surface area contributed by atoms with Gasteiger partial charge in [0.05, 0.1) is 17.3 Å². The number of hydrogen-bond donors (Lipinski definition) is 2. The molecule has 0 saturated carbocycles. The zero-order valence-electron chi connectivity index (χ0n) is 23.6. The van der Waals surface area contributed by atoms with Crippen molar-refractivity contribution in [3.8, 4) is 28.6 Å². The number of H-pyrrole nitrogens is 1. The molecule has 2 aromatic heterocycles. The molecule has 2 aromatic carbocycles. The molecule has 0 unspecified atom stereocenters. The number of piperidine rings is 1. The number of carbonyl (C=O) groups excluding carboxylic acids is 1. The van der Waals surface area contributed by atoms with Crippen LogP contribution in [0, 0.1) is 24.2 Å².